The van der Waals surface area contributed by atoms with E-state index in [0.717, 1.165) is 29.8 Å². The van der Waals surface area contributed by atoms with Crippen molar-refractivity contribution in [3.63, 3.8) is 0 Å². The van der Waals surface area contributed by atoms with Crippen molar-refractivity contribution in [3.8, 4) is 0 Å². The van der Waals surface area contributed by atoms with Gasteiger partial charge >= 0.3 is 0 Å². The molecule has 1 aromatic carbocycles. The molecule has 1 nitrogen and oxygen atoms in total. The summed E-state index contributed by atoms with van der Waals surface area (Å²) in [4.78, 5) is 13.1. The fourth-order valence-electron chi connectivity index (χ4n) is 1.54. The molecule has 0 aliphatic carbocycles. The summed E-state index contributed by atoms with van der Waals surface area (Å²) >= 11 is 8.33. The number of carbonyl (C=O) groups excluding carboxylic acids is 1. The second-order valence-electron chi connectivity index (χ2n) is 3.86. The van der Waals surface area contributed by atoms with Crippen LogP contribution in [-0.4, -0.2) is 5.78 Å². The molecule has 4 heteroatoms. The Morgan fingerprint density at radius 1 is 1.12 bits per heavy atom. The number of rotatable bonds is 2. The molecule has 2 aromatic rings. The molecule has 0 fully saturated rings. The Morgan fingerprint density at radius 3 is 2.41 bits per heavy atom. The van der Waals surface area contributed by atoms with Gasteiger partial charge in [0.05, 0.1) is 8.66 Å². The molecule has 17 heavy (non-hydrogen) atoms. The van der Waals surface area contributed by atoms with E-state index in [1.165, 1.54) is 11.3 Å². The summed E-state index contributed by atoms with van der Waals surface area (Å²) in [6, 6.07) is 7.70. The molecule has 0 atom stereocenters. The molecule has 0 amide bonds. The molecular formula is C13H10Br2OS. The maximum Gasteiger partial charge on any atom is 0.203 e. The summed E-state index contributed by atoms with van der Waals surface area (Å²) < 4.78 is 1.95. The summed E-state index contributed by atoms with van der Waals surface area (Å²) in [7, 11) is 0. The van der Waals surface area contributed by atoms with E-state index in [-0.39, 0.29) is 5.78 Å². The highest BCUT2D eigenvalue weighted by atomic mass is 79.9. The first kappa shape index (κ1) is 13.0. The van der Waals surface area contributed by atoms with E-state index in [2.05, 4.69) is 31.9 Å². The average molecular weight is 374 g/mol. The van der Waals surface area contributed by atoms with Crippen molar-refractivity contribution in [3.05, 3.63) is 54.1 Å². The normalized spacial score (nSPS) is 10.6. The van der Waals surface area contributed by atoms with Gasteiger partial charge in [0.25, 0.3) is 0 Å². The standard InChI is InChI=1S/C13H10Br2OS/c1-7-3-4-9(14)6-10(7)12(16)11-5-8(2)13(15)17-11/h3-6H,1-2H3. The topological polar surface area (TPSA) is 17.1 Å². The van der Waals surface area contributed by atoms with Crippen molar-refractivity contribution < 1.29 is 4.79 Å². The third-order valence-corrected chi connectivity index (χ3v) is 5.15. The number of hydrogen-bond donors (Lipinski definition) is 0. The summed E-state index contributed by atoms with van der Waals surface area (Å²) in [5.74, 6) is 0.0857. The molecule has 0 saturated heterocycles. The van der Waals surface area contributed by atoms with Crippen LogP contribution in [0, 0.1) is 13.8 Å². The summed E-state index contributed by atoms with van der Waals surface area (Å²) in [6.45, 7) is 3.94. The minimum Gasteiger partial charge on any atom is -0.288 e. The SMILES string of the molecule is Cc1ccc(Br)cc1C(=O)c1cc(C)c(Br)s1. The zero-order chi connectivity index (χ0) is 12.6. The molecule has 0 radical (unpaired) electrons. The highest BCUT2D eigenvalue weighted by Crippen LogP contribution is 2.30. The number of halogens is 2. The van der Waals surface area contributed by atoms with E-state index >= 15 is 0 Å². The largest absolute Gasteiger partial charge is 0.288 e. The van der Waals surface area contributed by atoms with Crippen LogP contribution in [0.5, 0.6) is 0 Å². The second kappa shape index (κ2) is 5.04. The van der Waals surface area contributed by atoms with Crippen molar-refractivity contribution in [2.24, 2.45) is 0 Å². The van der Waals surface area contributed by atoms with Gasteiger partial charge in [-0.1, -0.05) is 22.0 Å². The first-order chi connectivity index (χ1) is 7.99. The minimum atomic E-state index is 0.0857. The van der Waals surface area contributed by atoms with Crippen LogP contribution >= 0.6 is 43.2 Å². The third kappa shape index (κ3) is 2.69. The quantitative estimate of drug-likeness (QED) is 0.667. The monoisotopic (exact) mass is 372 g/mol. The zero-order valence-electron chi connectivity index (χ0n) is 9.38. The van der Waals surface area contributed by atoms with Gasteiger partial charge in [-0.3, -0.25) is 4.79 Å². The predicted molar refractivity (Wildman–Crippen MR) is 79.1 cm³/mol. The Hall–Kier alpha value is -0.450. The second-order valence-corrected chi connectivity index (χ2v) is 7.14. The fourth-order valence-corrected chi connectivity index (χ4v) is 3.39. The molecule has 2 rings (SSSR count). The molecule has 1 heterocycles. The van der Waals surface area contributed by atoms with Crippen molar-refractivity contribution in [2.75, 3.05) is 0 Å². The van der Waals surface area contributed by atoms with E-state index in [4.69, 9.17) is 0 Å². The first-order valence-electron chi connectivity index (χ1n) is 5.06. The number of carbonyl (C=O) groups is 1. The number of aryl methyl sites for hydroxylation is 2. The minimum absolute atomic E-state index is 0.0857. The molecule has 0 unspecified atom stereocenters. The van der Waals surface area contributed by atoms with Gasteiger partial charge in [-0.05, 0) is 59.1 Å². The lowest BCUT2D eigenvalue weighted by molar-refractivity contribution is 0.104. The van der Waals surface area contributed by atoms with E-state index in [9.17, 15) is 4.79 Å². The van der Waals surface area contributed by atoms with Gasteiger partial charge in [-0.25, -0.2) is 0 Å². The van der Waals surface area contributed by atoms with Crippen LogP contribution in [0.2, 0.25) is 0 Å². The molecule has 0 saturated carbocycles. The number of hydrogen-bond acceptors (Lipinski definition) is 2. The zero-order valence-corrected chi connectivity index (χ0v) is 13.4. The van der Waals surface area contributed by atoms with Crippen LogP contribution < -0.4 is 0 Å². The highest BCUT2D eigenvalue weighted by Gasteiger charge is 2.15. The van der Waals surface area contributed by atoms with Crippen LogP contribution in [0.4, 0.5) is 0 Å². The number of thiophene rings is 1. The Labute approximate surface area is 121 Å². The molecule has 0 aliphatic rings. The van der Waals surface area contributed by atoms with E-state index in [0.29, 0.717) is 0 Å². The summed E-state index contributed by atoms with van der Waals surface area (Å²) in [5.41, 5.74) is 2.86. The Bertz CT molecular complexity index is 568. The van der Waals surface area contributed by atoms with Crippen molar-refractivity contribution in [1.29, 1.82) is 0 Å². The summed E-state index contributed by atoms with van der Waals surface area (Å²) in [5, 5.41) is 0. The Morgan fingerprint density at radius 2 is 1.82 bits per heavy atom. The van der Waals surface area contributed by atoms with Gasteiger partial charge in [0, 0.05) is 10.0 Å². The highest BCUT2D eigenvalue weighted by molar-refractivity contribution is 9.11. The van der Waals surface area contributed by atoms with Crippen molar-refractivity contribution in [1.82, 2.24) is 0 Å². The maximum absolute atomic E-state index is 12.4. The number of benzene rings is 1. The van der Waals surface area contributed by atoms with Crippen LogP contribution in [0.3, 0.4) is 0 Å². The van der Waals surface area contributed by atoms with Crippen molar-refractivity contribution in [2.45, 2.75) is 13.8 Å². The average Bonchev–Trinajstić information content (AvgIpc) is 2.62. The van der Waals surface area contributed by atoms with Gasteiger partial charge in [-0.15, -0.1) is 11.3 Å². The van der Waals surface area contributed by atoms with Gasteiger partial charge in [0.1, 0.15) is 0 Å². The lowest BCUT2D eigenvalue weighted by Gasteiger charge is -2.03. The predicted octanol–water partition coefficient (Wildman–Crippen LogP) is 5.12. The lowest BCUT2D eigenvalue weighted by atomic mass is 10.0. The first-order valence-corrected chi connectivity index (χ1v) is 7.46. The molecule has 0 spiro atoms. The molecule has 0 bridgehead atoms. The Balaban J connectivity index is 2.47. The Kier molecular flexibility index (Phi) is 3.85. The smallest absolute Gasteiger partial charge is 0.203 e. The molecule has 0 N–H and O–H groups in total. The molecule has 1 aromatic heterocycles. The van der Waals surface area contributed by atoms with E-state index in [1.54, 1.807) is 0 Å². The van der Waals surface area contributed by atoms with E-state index < -0.39 is 0 Å². The van der Waals surface area contributed by atoms with Crippen LogP contribution in [-0.2, 0) is 0 Å². The fraction of sp³-hybridized carbons (Fsp3) is 0.154. The number of ketones is 1. The van der Waals surface area contributed by atoms with Crippen LogP contribution in [0.15, 0.2) is 32.5 Å². The van der Waals surface area contributed by atoms with Crippen LogP contribution in [0.25, 0.3) is 0 Å². The molecule has 0 aliphatic heterocycles. The van der Waals surface area contributed by atoms with Crippen LogP contribution in [0.1, 0.15) is 26.4 Å². The molecule has 88 valence electrons. The third-order valence-electron chi connectivity index (χ3n) is 2.53. The summed E-state index contributed by atoms with van der Waals surface area (Å²) in [6.07, 6.45) is 0. The molecular weight excluding hydrogens is 364 g/mol. The van der Waals surface area contributed by atoms with Gasteiger partial charge in [-0.2, -0.15) is 0 Å². The van der Waals surface area contributed by atoms with Crippen molar-refractivity contribution >= 4 is 49.0 Å². The van der Waals surface area contributed by atoms with Gasteiger partial charge < -0.3 is 0 Å². The maximum atomic E-state index is 12.4. The van der Waals surface area contributed by atoms with Gasteiger partial charge in [0.15, 0.2) is 0 Å². The van der Waals surface area contributed by atoms with Gasteiger partial charge in [0.2, 0.25) is 5.78 Å². The lowest BCUT2D eigenvalue weighted by Crippen LogP contribution is -2.01. The van der Waals surface area contributed by atoms with E-state index in [1.807, 2.05) is 38.1 Å².